The van der Waals surface area contributed by atoms with Gasteiger partial charge < -0.3 is 28.4 Å². The molecule has 0 bridgehead atoms. The first-order valence-corrected chi connectivity index (χ1v) is 10.1. The monoisotopic (exact) mass is 448 g/mol. The molecule has 0 radical (unpaired) electrons. The lowest BCUT2D eigenvalue weighted by atomic mass is 10.1. The van der Waals surface area contributed by atoms with Gasteiger partial charge in [-0.15, -0.1) is 0 Å². The summed E-state index contributed by atoms with van der Waals surface area (Å²) < 4.78 is 47.3. The van der Waals surface area contributed by atoms with Gasteiger partial charge in [0.1, 0.15) is 24.3 Å². The molecule has 0 N–H and O–H groups in total. The van der Waals surface area contributed by atoms with E-state index < -0.39 is 42.2 Å². The highest BCUT2D eigenvalue weighted by Gasteiger charge is 2.56. The lowest BCUT2D eigenvalue weighted by molar-refractivity contribution is -0.217. The molecule has 4 atom stereocenters. The van der Waals surface area contributed by atoms with Crippen molar-refractivity contribution < 1.29 is 37.6 Å². The van der Waals surface area contributed by atoms with Crippen molar-refractivity contribution in [2.24, 2.45) is 0 Å². The third-order valence-electron chi connectivity index (χ3n) is 4.72. The number of halogens is 1. The average Bonchev–Trinajstić information content (AvgIpc) is 3.20. The van der Waals surface area contributed by atoms with E-state index in [1.54, 1.807) is 44.2 Å². The summed E-state index contributed by atoms with van der Waals surface area (Å²) in [7, 11) is 0. The number of esters is 1. The minimum Gasteiger partial charge on any atom is -0.459 e. The van der Waals surface area contributed by atoms with Crippen molar-refractivity contribution in [1.82, 2.24) is 0 Å². The van der Waals surface area contributed by atoms with Gasteiger partial charge in [-0.05, 0) is 50.2 Å². The van der Waals surface area contributed by atoms with Crippen LogP contribution in [0, 0.1) is 5.82 Å². The van der Waals surface area contributed by atoms with Crippen molar-refractivity contribution in [3.63, 3.8) is 0 Å². The van der Waals surface area contributed by atoms with E-state index in [9.17, 15) is 9.18 Å². The highest BCUT2D eigenvalue weighted by atomic mass is 32.1. The van der Waals surface area contributed by atoms with Crippen molar-refractivity contribution in [3.8, 4) is 5.75 Å². The fourth-order valence-electron chi connectivity index (χ4n) is 3.37. The molecule has 4 rings (SSSR count). The minimum atomic E-state index is -0.873. The van der Waals surface area contributed by atoms with Crippen LogP contribution in [0.1, 0.15) is 24.2 Å². The molecular formula is C22H21FO7S. The Morgan fingerprint density at radius 1 is 1.10 bits per heavy atom. The van der Waals surface area contributed by atoms with E-state index >= 15 is 0 Å². The Morgan fingerprint density at radius 2 is 1.81 bits per heavy atom. The number of fused-ring (bicyclic) bond motifs is 1. The largest absolute Gasteiger partial charge is 0.459 e. The molecule has 164 valence electrons. The van der Waals surface area contributed by atoms with Crippen LogP contribution in [0.25, 0.3) is 0 Å². The summed E-state index contributed by atoms with van der Waals surface area (Å²) in [6.07, 6.45) is -2.77. The number of rotatable bonds is 5. The highest BCUT2D eigenvalue weighted by molar-refractivity contribution is 7.79. The Morgan fingerprint density at radius 3 is 2.52 bits per heavy atom. The molecule has 0 spiro atoms. The van der Waals surface area contributed by atoms with Gasteiger partial charge in [0.05, 0.1) is 5.56 Å². The second-order valence-corrected chi connectivity index (χ2v) is 7.83. The highest BCUT2D eigenvalue weighted by Crippen LogP contribution is 2.39. The molecule has 2 aliphatic heterocycles. The van der Waals surface area contributed by atoms with E-state index in [4.69, 9.17) is 40.6 Å². The second-order valence-electron chi connectivity index (χ2n) is 7.50. The number of carbonyl (C=O) groups excluding carboxylic acids is 1. The lowest BCUT2D eigenvalue weighted by Gasteiger charge is -2.26. The number of hydrogen-bond acceptors (Lipinski definition) is 8. The Kier molecular flexibility index (Phi) is 6.19. The molecule has 31 heavy (non-hydrogen) atoms. The zero-order valence-corrected chi connectivity index (χ0v) is 17.7. The SMILES string of the molecule is CC1(C)O[C@H]2O[C@H](COC(=O)c3ccccc3)[C@H](OC(=S)Oc3ccc(F)cc3)[C@H]2O1. The van der Waals surface area contributed by atoms with Crippen LogP contribution in [-0.2, 0) is 23.7 Å². The normalized spacial score (nSPS) is 26.2. The lowest BCUT2D eigenvalue weighted by Crippen LogP contribution is -2.41. The smallest absolute Gasteiger partial charge is 0.358 e. The molecule has 0 unspecified atom stereocenters. The first kappa shape index (κ1) is 21.6. The topological polar surface area (TPSA) is 72.5 Å². The van der Waals surface area contributed by atoms with E-state index in [1.807, 2.05) is 0 Å². The van der Waals surface area contributed by atoms with Crippen LogP contribution in [0.5, 0.6) is 5.75 Å². The molecule has 0 aliphatic carbocycles. The van der Waals surface area contributed by atoms with E-state index in [0.717, 1.165) is 0 Å². The quantitative estimate of drug-likeness (QED) is 0.508. The third kappa shape index (κ3) is 5.19. The van der Waals surface area contributed by atoms with Gasteiger partial charge in [-0.25, -0.2) is 9.18 Å². The van der Waals surface area contributed by atoms with Gasteiger partial charge in [0.15, 0.2) is 24.3 Å². The van der Waals surface area contributed by atoms with Crippen LogP contribution in [-0.4, -0.2) is 48.2 Å². The van der Waals surface area contributed by atoms with E-state index in [-0.39, 0.29) is 11.8 Å². The first-order valence-electron chi connectivity index (χ1n) is 9.68. The number of benzene rings is 2. The summed E-state index contributed by atoms with van der Waals surface area (Å²) in [6, 6.07) is 13.9. The van der Waals surface area contributed by atoms with Crippen LogP contribution in [0.3, 0.4) is 0 Å². The molecular weight excluding hydrogens is 427 g/mol. The zero-order valence-electron chi connectivity index (χ0n) is 16.9. The second kappa shape index (κ2) is 8.88. The third-order valence-corrected chi connectivity index (χ3v) is 4.90. The molecule has 0 amide bonds. The Hall–Kier alpha value is -2.59. The Labute approximate surface area is 183 Å². The number of carbonyl (C=O) groups is 1. The molecule has 2 aromatic carbocycles. The molecule has 2 heterocycles. The number of thiocarbonyl (C=S) groups is 1. The van der Waals surface area contributed by atoms with E-state index in [0.29, 0.717) is 11.3 Å². The predicted molar refractivity (Wildman–Crippen MR) is 110 cm³/mol. The van der Waals surface area contributed by atoms with Crippen LogP contribution in [0.15, 0.2) is 54.6 Å². The van der Waals surface area contributed by atoms with Crippen molar-refractivity contribution in [3.05, 3.63) is 66.0 Å². The van der Waals surface area contributed by atoms with Gasteiger partial charge in [-0.2, -0.15) is 0 Å². The van der Waals surface area contributed by atoms with E-state index in [1.165, 1.54) is 24.3 Å². The maximum Gasteiger partial charge on any atom is 0.358 e. The van der Waals surface area contributed by atoms with Crippen molar-refractivity contribution in [2.45, 2.75) is 44.2 Å². The number of ether oxygens (including phenoxy) is 6. The van der Waals surface area contributed by atoms with Crippen molar-refractivity contribution in [1.29, 1.82) is 0 Å². The molecule has 7 nitrogen and oxygen atoms in total. The van der Waals surface area contributed by atoms with Gasteiger partial charge in [0.2, 0.25) is 0 Å². The molecule has 9 heteroatoms. The summed E-state index contributed by atoms with van der Waals surface area (Å²) in [4.78, 5) is 12.3. The summed E-state index contributed by atoms with van der Waals surface area (Å²) in [5, 5.41) is -0.200. The molecule has 0 saturated carbocycles. The minimum absolute atomic E-state index is 0.0995. The molecule has 2 aromatic rings. The maximum atomic E-state index is 13.1. The molecule has 2 aliphatic rings. The first-order chi connectivity index (χ1) is 14.8. The van der Waals surface area contributed by atoms with Crippen LogP contribution in [0.4, 0.5) is 4.39 Å². The van der Waals surface area contributed by atoms with Crippen molar-refractivity contribution >= 4 is 23.4 Å². The summed E-state index contributed by atoms with van der Waals surface area (Å²) >= 11 is 5.19. The van der Waals surface area contributed by atoms with Gasteiger partial charge in [-0.1, -0.05) is 18.2 Å². The standard InChI is InChI=1S/C22H21FO7S/c1-22(2)29-18-17(28-21(31)26-15-10-8-14(23)9-11-15)16(27-20(18)30-22)12-25-19(24)13-6-4-3-5-7-13/h3-11,16-18,20H,12H2,1-2H3/t16-,17+,18-,20-/m1/s1. The van der Waals surface area contributed by atoms with E-state index in [2.05, 4.69) is 0 Å². The summed E-state index contributed by atoms with van der Waals surface area (Å²) in [5.41, 5.74) is 0.418. The van der Waals surface area contributed by atoms with Gasteiger partial charge >= 0.3 is 11.2 Å². The Bertz CT molecular complexity index is 935. The van der Waals surface area contributed by atoms with Crippen LogP contribution in [0.2, 0.25) is 0 Å². The Balaban J connectivity index is 1.42. The maximum absolute atomic E-state index is 13.1. The average molecular weight is 448 g/mol. The van der Waals surface area contributed by atoms with Crippen molar-refractivity contribution in [2.75, 3.05) is 6.61 Å². The van der Waals surface area contributed by atoms with Crippen LogP contribution >= 0.6 is 12.2 Å². The number of hydrogen-bond donors (Lipinski definition) is 0. The zero-order chi connectivity index (χ0) is 22.0. The van der Waals surface area contributed by atoms with Gasteiger partial charge in [0.25, 0.3) is 0 Å². The molecule has 2 saturated heterocycles. The predicted octanol–water partition coefficient (Wildman–Crippen LogP) is 3.61. The summed E-state index contributed by atoms with van der Waals surface area (Å²) in [5.74, 6) is -1.45. The van der Waals surface area contributed by atoms with Gasteiger partial charge in [0, 0.05) is 12.2 Å². The molecule has 2 fully saturated rings. The van der Waals surface area contributed by atoms with Crippen LogP contribution < -0.4 is 4.74 Å². The summed E-state index contributed by atoms with van der Waals surface area (Å²) in [6.45, 7) is 3.41. The molecule has 0 aromatic heterocycles. The fraction of sp³-hybridized carbons (Fsp3) is 0.364. The van der Waals surface area contributed by atoms with Gasteiger partial charge in [-0.3, -0.25) is 0 Å². The fourth-order valence-corrected chi connectivity index (χ4v) is 3.58.